The van der Waals surface area contributed by atoms with E-state index >= 15 is 0 Å². The summed E-state index contributed by atoms with van der Waals surface area (Å²) in [5, 5.41) is 2.58. The first-order chi connectivity index (χ1) is 12.1. The molecule has 4 nitrogen and oxygen atoms in total. The van der Waals surface area contributed by atoms with Crippen LogP contribution in [-0.4, -0.2) is 16.5 Å². The number of rotatable bonds is 5. The molecule has 0 spiro atoms. The summed E-state index contributed by atoms with van der Waals surface area (Å²) in [6.07, 6.45) is 1.51. The molecule has 7 heteroatoms. The molecule has 0 aliphatic heterocycles. The number of aromatic nitrogens is 2. The van der Waals surface area contributed by atoms with E-state index in [1.54, 1.807) is 6.07 Å². The average molecular weight is 344 g/mol. The Morgan fingerprint density at radius 1 is 0.960 bits per heavy atom. The number of benzene rings is 2. The fourth-order valence-corrected chi connectivity index (χ4v) is 2.39. The molecule has 0 atom stereocenters. The van der Waals surface area contributed by atoms with Crippen LogP contribution in [0.5, 0.6) is 0 Å². The summed E-state index contributed by atoms with van der Waals surface area (Å²) >= 11 is 0. The van der Waals surface area contributed by atoms with Gasteiger partial charge in [0.15, 0.2) is 17.5 Å². The lowest BCUT2D eigenvalue weighted by atomic mass is 10.3. The van der Waals surface area contributed by atoms with Crippen LogP contribution in [0.1, 0.15) is 6.92 Å². The number of nitrogens with zero attached hydrogens (tertiary/aromatic N) is 3. The van der Waals surface area contributed by atoms with Gasteiger partial charge in [-0.25, -0.2) is 18.2 Å². The van der Waals surface area contributed by atoms with Crippen molar-refractivity contribution in [3.8, 4) is 0 Å². The van der Waals surface area contributed by atoms with Gasteiger partial charge in [0.05, 0.1) is 5.69 Å². The van der Waals surface area contributed by atoms with Crippen LogP contribution in [0, 0.1) is 17.5 Å². The molecule has 0 saturated carbocycles. The number of para-hydroxylation sites is 1. The largest absolute Gasteiger partial charge is 0.327 e. The lowest BCUT2D eigenvalue weighted by Gasteiger charge is -2.22. The highest BCUT2D eigenvalue weighted by atomic mass is 19.2. The Kier molecular flexibility index (Phi) is 4.83. The second-order valence-electron chi connectivity index (χ2n) is 5.17. The quantitative estimate of drug-likeness (QED) is 0.675. The van der Waals surface area contributed by atoms with Crippen molar-refractivity contribution in [2.75, 3.05) is 16.8 Å². The summed E-state index contributed by atoms with van der Waals surface area (Å²) in [5.74, 6) is -3.44. The van der Waals surface area contributed by atoms with Crippen LogP contribution >= 0.6 is 0 Å². The zero-order chi connectivity index (χ0) is 17.8. The van der Waals surface area contributed by atoms with Crippen molar-refractivity contribution in [3.63, 3.8) is 0 Å². The molecule has 0 radical (unpaired) electrons. The molecular weight excluding hydrogens is 329 g/mol. The molecular formula is C18H15F3N4. The molecule has 3 aromatic rings. The zero-order valence-electron chi connectivity index (χ0n) is 13.4. The Labute approximate surface area is 143 Å². The highest BCUT2D eigenvalue weighted by molar-refractivity contribution is 5.62. The van der Waals surface area contributed by atoms with Crippen molar-refractivity contribution in [1.82, 2.24) is 9.97 Å². The van der Waals surface area contributed by atoms with Gasteiger partial charge >= 0.3 is 0 Å². The molecule has 0 amide bonds. The normalized spacial score (nSPS) is 10.6. The maximum Gasteiger partial charge on any atom is 0.229 e. The fraction of sp³-hybridized carbons (Fsp3) is 0.111. The smallest absolute Gasteiger partial charge is 0.229 e. The van der Waals surface area contributed by atoms with Crippen LogP contribution in [0.3, 0.4) is 0 Å². The van der Waals surface area contributed by atoms with Gasteiger partial charge in [-0.3, -0.25) is 0 Å². The van der Waals surface area contributed by atoms with Crippen LogP contribution in [0.15, 0.2) is 54.7 Å². The van der Waals surface area contributed by atoms with E-state index in [0.717, 1.165) is 17.8 Å². The van der Waals surface area contributed by atoms with Crippen molar-refractivity contribution >= 4 is 23.1 Å². The molecule has 0 aliphatic rings. The van der Waals surface area contributed by atoms with E-state index < -0.39 is 17.5 Å². The highest BCUT2D eigenvalue weighted by Gasteiger charge is 2.15. The zero-order valence-corrected chi connectivity index (χ0v) is 13.4. The first-order valence-electron chi connectivity index (χ1n) is 7.66. The van der Waals surface area contributed by atoms with Crippen molar-refractivity contribution < 1.29 is 13.2 Å². The molecule has 128 valence electrons. The van der Waals surface area contributed by atoms with Crippen molar-refractivity contribution in [1.29, 1.82) is 0 Å². The summed E-state index contributed by atoms with van der Waals surface area (Å²) in [7, 11) is 0. The van der Waals surface area contributed by atoms with E-state index in [9.17, 15) is 13.2 Å². The van der Waals surface area contributed by atoms with Gasteiger partial charge in [-0.05, 0) is 37.3 Å². The van der Waals surface area contributed by atoms with E-state index in [2.05, 4.69) is 15.3 Å². The van der Waals surface area contributed by atoms with Gasteiger partial charge in [-0.15, -0.1) is 0 Å². The fourth-order valence-electron chi connectivity index (χ4n) is 2.39. The van der Waals surface area contributed by atoms with Crippen LogP contribution in [0.4, 0.5) is 36.3 Å². The lowest BCUT2D eigenvalue weighted by molar-refractivity contribution is 0.449. The maximum atomic E-state index is 13.8. The molecule has 25 heavy (non-hydrogen) atoms. The van der Waals surface area contributed by atoms with Gasteiger partial charge in [0.25, 0.3) is 0 Å². The minimum atomic E-state index is -1.54. The van der Waals surface area contributed by atoms with Crippen LogP contribution in [0.25, 0.3) is 0 Å². The number of hydrogen-bond acceptors (Lipinski definition) is 4. The highest BCUT2D eigenvalue weighted by Crippen LogP contribution is 2.25. The Morgan fingerprint density at radius 2 is 1.72 bits per heavy atom. The molecule has 3 rings (SSSR count). The molecule has 1 aromatic heterocycles. The minimum Gasteiger partial charge on any atom is -0.327 e. The van der Waals surface area contributed by atoms with Gasteiger partial charge in [0.1, 0.15) is 5.82 Å². The third-order valence-electron chi connectivity index (χ3n) is 3.58. The third kappa shape index (κ3) is 3.55. The van der Waals surface area contributed by atoms with Crippen LogP contribution < -0.4 is 10.2 Å². The van der Waals surface area contributed by atoms with E-state index in [4.69, 9.17) is 0 Å². The standard InChI is InChI=1S/C18H15F3N4/c1-2-25(12-6-4-3-5-7-12)15-10-11-22-18(24-15)23-14-9-8-13(19)16(20)17(14)21/h3-11H,2H2,1H3,(H,22,23,24). The Bertz CT molecular complexity index is 871. The Balaban J connectivity index is 1.90. The van der Waals surface area contributed by atoms with Gasteiger partial charge < -0.3 is 10.2 Å². The molecule has 0 unspecified atom stereocenters. The van der Waals surface area contributed by atoms with E-state index in [0.29, 0.717) is 12.4 Å². The number of hydrogen-bond donors (Lipinski definition) is 1. The molecule has 1 heterocycles. The van der Waals surface area contributed by atoms with Gasteiger partial charge in [0, 0.05) is 18.4 Å². The summed E-state index contributed by atoms with van der Waals surface area (Å²) in [6, 6.07) is 13.3. The van der Waals surface area contributed by atoms with E-state index in [-0.39, 0.29) is 11.6 Å². The molecule has 0 fully saturated rings. The predicted molar refractivity (Wildman–Crippen MR) is 90.8 cm³/mol. The number of nitrogens with one attached hydrogen (secondary N) is 1. The predicted octanol–water partition coefficient (Wildman–Crippen LogP) is 4.80. The van der Waals surface area contributed by atoms with Crippen LogP contribution in [-0.2, 0) is 0 Å². The van der Waals surface area contributed by atoms with E-state index in [1.807, 2.05) is 42.2 Å². The second-order valence-corrected chi connectivity index (χ2v) is 5.17. The van der Waals surface area contributed by atoms with Crippen molar-refractivity contribution in [2.24, 2.45) is 0 Å². The molecule has 1 N–H and O–H groups in total. The van der Waals surface area contributed by atoms with E-state index in [1.165, 1.54) is 6.20 Å². The summed E-state index contributed by atoms with van der Waals surface area (Å²) in [4.78, 5) is 10.3. The summed E-state index contributed by atoms with van der Waals surface area (Å²) < 4.78 is 40.2. The number of halogens is 3. The lowest BCUT2D eigenvalue weighted by Crippen LogP contribution is -2.18. The molecule has 2 aromatic carbocycles. The average Bonchev–Trinajstić information content (AvgIpc) is 2.64. The molecule has 0 saturated heterocycles. The summed E-state index contributed by atoms with van der Waals surface area (Å²) in [5.41, 5.74) is 0.701. The SMILES string of the molecule is CCN(c1ccccc1)c1ccnc(Nc2ccc(F)c(F)c2F)n1. The van der Waals surface area contributed by atoms with Gasteiger partial charge in [-0.2, -0.15) is 4.98 Å². The monoisotopic (exact) mass is 344 g/mol. The third-order valence-corrected chi connectivity index (χ3v) is 3.58. The topological polar surface area (TPSA) is 41.1 Å². The maximum absolute atomic E-state index is 13.8. The molecule has 0 bridgehead atoms. The number of anilines is 4. The van der Waals surface area contributed by atoms with Crippen molar-refractivity contribution in [3.05, 3.63) is 72.2 Å². The first kappa shape index (κ1) is 16.8. The Hall–Kier alpha value is -3.09. The van der Waals surface area contributed by atoms with Gasteiger partial charge in [0.2, 0.25) is 5.95 Å². The van der Waals surface area contributed by atoms with Gasteiger partial charge in [-0.1, -0.05) is 18.2 Å². The minimum absolute atomic E-state index is 0.0804. The molecule has 0 aliphatic carbocycles. The Morgan fingerprint density at radius 3 is 2.44 bits per heavy atom. The first-order valence-corrected chi connectivity index (χ1v) is 7.66. The second kappa shape index (κ2) is 7.21. The van der Waals surface area contributed by atoms with Crippen molar-refractivity contribution in [2.45, 2.75) is 6.92 Å². The summed E-state index contributed by atoms with van der Waals surface area (Å²) in [6.45, 7) is 2.62. The van der Waals surface area contributed by atoms with Crippen LogP contribution in [0.2, 0.25) is 0 Å².